The van der Waals surface area contributed by atoms with Crippen molar-refractivity contribution in [3.8, 4) is 0 Å². The first-order chi connectivity index (χ1) is 7.88. The first-order valence-electron chi connectivity index (χ1n) is 6.03. The summed E-state index contributed by atoms with van der Waals surface area (Å²) in [6, 6.07) is 2.57. The van der Waals surface area contributed by atoms with Crippen LogP contribution in [0.3, 0.4) is 0 Å². The summed E-state index contributed by atoms with van der Waals surface area (Å²) in [5.74, 6) is 5.63. The predicted octanol–water partition coefficient (Wildman–Crippen LogP) is 3.01. The van der Waals surface area contributed by atoms with E-state index in [9.17, 15) is 0 Å². The fourth-order valence-corrected chi connectivity index (χ4v) is 2.97. The SMILES string of the molecule is NNC(CC1=CCCCC1)Cc1ccsc1. The average molecular weight is 236 g/mol. The van der Waals surface area contributed by atoms with Crippen molar-refractivity contribution in [2.45, 2.75) is 44.6 Å². The lowest BCUT2D eigenvalue weighted by atomic mass is 9.92. The Morgan fingerprint density at radius 2 is 2.31 bits per heavy atom. The summed E-state index contributed by atoms with van der Waals surface area (Å²) in [6.45, 7) is 0. The highest BCUT2D eigenvalue weighted by Gasteiger charge is 2.12. The van der Waals surface area contributed by atoms with Gasteiger partial charge in [-0.2, -0.15) is 11.3 Å². The molecule has 0 saturated carbocycles. The molecule has 0 radical (unpaired) electrons. The topological polar surface area (TPSA) is 38.0 Å². The molecule has 1 aliphatic carbocycles. The van der Waals surface area contributed by atoms with E-state index in [0.717, 1.165) is 12.8 Å². The number of rotatable bonds is 5. The van der Waals surface area contributed by atoms with Crippen molar-refractivity contribution >= 4 is 11.3 Å². The summed E-state index contributed by atoms with van der Waals surface area (Å²) in [7, 11) is 0. The van der Waals surface area contributed by atoms with Crippen LogP contribution in [0.4, 0.5) is 0 Å². The van der Waals surface area contributed by atoms with E-state index in [1.807, 2.05) is 0 Å². The Labute approximate surface area is 102 Å². The van der Waals surface area contributed by atoms with Gasteiger partial charge >= 0.3 is 0 Å². The number of thiophene rings is 1. The Kier molecular flexibility index (Phi) is 4.57. The fourth-order valence-electron chi connectivity index (χ4n) is 2.29. The van der Waals surface area contributed by atoms with Crippen LogP contribution in [0, 0.1) is 0 Å². The van der Waals surface area contributed by atoms with Crippen molar-refractivity contribution in [1.29, 1.82) is 0 Å². The van der Waals surface area contributed by atoms with Crippen molar-refractivity contribution in [2.24, 2.45) is 5.84 Å². The zero-order chi connectivity index (χ0) is 11.2. The number of hydrazine groups is 1. The van der Waals surface area contributed by atoms with Crippen LogP contribution < -0.4 is 11.3 Å². The third-order valence-corrected chi connectivity index (χ3v) is 3.92. The van der Waals surface area contributed by atoms with Gasteiger partial charge in [0, 0.05) is 6.04 Å². The molecule has 0 spiro atoms. The molecule has 0 aliphatic heterocycles. The molecule has 3 N–H and O–H groups in total. The summed E-state index contributed by atoms with van der Waals surface area (Å²) in [6.07, 6.45) is 9.77. The van der Waals surface area contributed by atoms with E-state index in [0.29, 0.717) is 6.04 Å². The molecule has 1 unspecified atom stereocenters. The molecule has 0 amide bonds. The van der Waals surface area contributed by atoms with Gasteiger partial charge in [-0.3, -0.25) is 11.3 Å². The molecular weight excluding hydrogens is 216 g/mol. The highest BCUT2D eigenvalue weighted by atomic mass is 32.1. The molecule has 1 heterocycles. The quantitative estimate of drug-likeness (QED) is 0.468. The van der Waals surface area contributed by atoms with Crippen molar-refractivity contribution < 1.29 is 0 Å². The van der Waals surface area contributed by atoms with E-state index >= 15 is 0 Å². The molecule has 1 atom stereocenters. The van der Waals surface area contributed by atoms with Gasteiger partial charge < -0.3 is 0 Å². The van der Waals surface area contributed by atoms with Gasteiger partial charge in [-0.15, -0.1) is 0 Å². The van der Waals surface area contributed by atoms with E-state index in [2.05, 4.69) is 28.3 Å². The third kappa shape index (κ3) is 3.44. The molecule has 0 fully saturated rings. The van der Waals surface area contributed by atoms with Gasteiger partial charge in [0.2, 0.25) is 0 Å². The van der Waals surface area contributed by atoms with Crippen LogP contribution in [0.1, 0.15) is 37.7 Å². The van der Waals surface area contributed by atoms with E-state index < -0.39 is 0 Å². The monoisotopic (exact) mass is 236 g/mol. The molecule has 2 nitrogen and oxygen atoms in total. The Morgan fingerprint density at radius 3 is 2.94 bits per heavy atom. The summed E-state index contributed by atoms with van der Waals surface area (Å²) < 4.78 is 0. The first kappa shape index (κ1) is 11.8. The van der Waals surface area contributed by atoms with Crippen LogP contribution in [0.15, 0.2) is 28.5 Å². The second-order valence-corrected chi connectivity index (χ2v) is 5.29. The smallest absolute Gasteiger partial charge is 0.0288 e. The van der Waals surface area contributed by atoms with Crippen LogP contribution in [0.5, 0.6) is 0 Å². The van der Waals surface area contributed by atoms with Crippen molar-refractivity contribution in [1.82, 2.24) is 5.43 Å². The van der Waals surface area contributed by atoms with Gasteiger partial charge in [0.15, 0.2) is 0 Å². The Hall–Kier alpha value is -0.640. The fraction of sp³-hybridized carbons (Fsp3) is 0.538. The normalized spacial score (nSPS) is 18.2. The highest BCUT2D eigenvalue weighted by Crippen LogP contribution is 2.22. The van der Waals surface area contributed by atoms with Crippen LogP contribution >= 0.6 is 11.3 Å². The maximum atomic E-state index is 5.63. The van der Waals surface area contributed by atoms with E-state index in [-0.39, 0.29) is 0 Å². The summed E-state index contributed by atoms with van der Waals surface area (Å²) >= 11 is 1.75. The lowest BCUT2D eigenvalue weighted by Gasteiger charge is -2.19. The van der Waals surface area contributed by atoms with Gasteiger partial charge in [-0.25, -0.2) is 0 Å². The maximum Gasteiger partial charge on any atom is 0.0288 e. The van der Waals surface area contributed by atoms with Gasteiger partial charge in [0.1, 0.15) is 0 Å². The van der Waals surface area contributed by atoms with Crippen molar-refractivity contribution in [3.63, 3.8) is 0 Å². The highest BCUT2D eigenvalue weighted by molar-refractivity contribution is 7.07. The Balaban J connectivity index is 1.87. The van der Waals surface area contributed by atoms with Crippen LogP contribution in [-0.4, -0.2) is 6.04 Å². The molecule has 16 heavy (non-hydrogen) atoms. The molecule has 2 rings (SSSR count). The van der Waals surface area contributed by atoms with Crippen LogP contribution in [0.2, 0.25) is 0 Å². The van der Waals surface area contributed by atoms with Crippen LogP contribution in [0.25, 0.3) is 0 Å². The van der Waals surface area contributed by atoms with Gasteiger partial charge in [-0.05, 0) is 60.9 Å². The maximum absolute atomic E-state index is 5.63. The minimum absolute atomic E-state index is 0.388. The van der Waals surface area contributed by atoms with E-state index in [1.165, 1.54) is 31.2 Å². The lowest BCUT2D eigenvalue weighted by molar-refractivity contribution is 0.505. The molecule has 1 aliphatic rings. The van der Waals surface area contributed by atoms with Crippen LogP contribution in [-0.2, 0) is 6.42 Å². The largest absolute Gasteiger partial charge is 0.271 e. The molecule has 1 aromatic heterocycles. The minimum atomic E-state index is 0.388. The van der Waals surface area contributed by atoms with Gasteiger partial charge in [0.05, 0.1) is 0 Å². The number of hydrogen-bond acceptors (Lipinski definition) is 3. The number of hydrogen-bond donors (Lipinski definition) is 2. The number of nitrogens with one attached hydrogen (secondary N) is 1. The molecule has 0 aromatic carbocycles. The molecular formula is C13H20N2S. The predicted molar refractivity (Wildman–Crippen MR) is 70.3 cm³/mol. The number of allylic oxidation sites excluding steroid dienone is 1. The van der Waals surface area contributed by atoms with Crippen molar-refractivity contribution in [2.75, 3.05) is 0 Å². The average Bonchev–Trinajstić information content (AvgIpc) is 2.82. The van der Waals surface area contributed by atoms with E-state index in [4.69, 9.17) is 5.84 Å². The van der Waals surface area contributed by atoms with Gasteiger partial charge in [0.25, 0.3) is 0 Å². The summed E-state index contributed by atoms with van der Waals surface area (Å²) in [4.78, 5) is 0. The molecule has 3 heteroatoms. The number of nitrogens with two attached hydrogens (primary N) is 1. The van der Waals surface area contributed by atoms with Crippen molar-refractivity contribution in [3.05, 3.63) is 34.0 Å². The second kappa shape index (κ2) is 6.18. The zero-order valence-corrected chi connectivity index (χ0v) is 10.4. The first-order valence-corrected chi connectivity index (χ1v) is 6.98. The molecule has 0 bridgehead atoms. The standard InChI is InChI=1S/C13H20N2S/c14-15-13(9-12-6-7-16-10-12)8-11-4-2-1-3-5-11/h4,6-7,10,13,15H,1-3,5,8-9,14H2. The molecule has 88 valence electrons. The second-order valence-electron chi connectivity index (χ2n) is 4.51. The summed E-state index contributed by atoms with van der Waals surface area (Å²) in [5, 5.41) is 4.34. The lowest BCUT2D eigenvalue weighted by Crippen LogP contribution is -2.37. The zero-order valence-electron chi connectivity index (χ0n) is 9.61. The van der Waals surface area contributed by atoms with Gasteiger partial charge in [-0.1, -0.05) is 11.6 Å². The molecule has 0 saturated heterocycles. The molecule has 1 aromatic rings. The van der Waals surface area contributed by atoms with E-state index in [1.54, 1.807) is 16.9 Å². The minimum Gasteiger partial charge on any atom is -0.271 e. The Morgan fingerprint density at radius 1 is 1.38 bits per heavy atom. The summed E-state index contributed by atoms with van der Waals surface area (Å²) in [5.41, 5.74) is 5.93. The Bertz CT molecular complexity index is 330. The third-order valence-electron chi connectivity index (χ3n) is 3.19.